The molecule has 1 aromatic heterocycles. The molecule has 0 aliphatic heterocycles. The SMILES string of the molecule is O=C=NCc1nc(-c2ccccc2)n[nH]1. The molecule has 0 atom stereocenters. The van der Waals surface area contributed by atoms with Crippen LogP contribution >= 0.6 is 0 Å². The number of aromatic amines is 1. The summed E-state index contributed by atoms with van der Waals surface area (Å²) in [5.41, 5.74) is 0.926. The lowest BCUT2D eigenvalue weighted by atomic mass is 10.2. The number of nitrogens with one attached hydrogen (secondary N) is 1. The van der Waals surface area contributed by atoms with Gasteiger partial charge in [0.1, 0.15) is 12.4 Å². The second kappa shape index (κ2) is 4.30. The van der Waals surface area contributed by atoms with Crippen LogP contribution in [0.3, 0.4) is 0 Å². The maximum Gasteiger partial charge on any atom is 0.235 e. The van der Waals surface area contributed by atoms with Crippen LogP contribution in [0, 0.1) is 0 Å². The van der Waals surface area contributed by atoms with E-state index in [1.165, 1.54) is 6.08 Å². The Balaban J connectivity index is 2.24. The third-order valence-corrected chi connectivity index (χ3v) is 1.86. The number of hydrogen-bond acceptors (Lipinski definition) is 4. The summed E-state index contributed by atoms with van der Waals surface area (Å²) >= 11 is 0. The summed E-state index contributed by atoms with van der Waals surface area (Å²) in [5, 5.41) is 6.72. The number of hydrogen-bond donors (Lipinski definition) is 1. The lowest BCUT2D eigenvalue weighted by Gasteiger charge is -1.91. The van der Waals surface area contributed by atoms with Gasteiger partial charge in [-0.05, 0) is 0 Å². The van der Waals surface area contributed by atoms with Gasteiger partial charge >= 0.3 is 0 Å². The number of rotatable bonds is 3. The zero-order valence-corrected chi connectivity index (χ0v) is 7.84. The van der Waals surface area contributed by atoms with Gasteiger partial charge in [0.05, 0.1) is 0 Å². The molecule has 0 fully saturated rings. The Morgan fingerprint density at radius 1 is 1.33 bits per heavy atom. The first-order valence-electron chi connectivity index (χ1n) is 4.40. The van der Waals surface area contributed by atoms with Crippen LogP contribution in [0.2, 0.25) is 0 Å². The van der Waals surface area contributed by atoms with Gasteiger partial charge in [-0.3, -0.25) is 5.10 Å². The van der Waals surface area contributed by atoms with Gasteiger partial charge in [-0.1, -0.05) is 30.3 Å². The highest BCUT2D eigenvalue weighted by molar-refractivity contribution is 5.53. The highest BCUT2D eigenvalue weighted by atomic mass is 16.1. The Hall–Kier alpha value is -2.26. The third-order valence-electron chi connectivity index (χ3n) is 1.86. The van der Waals surface area contributed by atoms with E-state index in [9.17, 15) is 4.79 Å². The molecular formula is C10H8N4O. The van der Waals surface area contributed by atoms with Crippen molar-refractivity contribution in [3.63, 3.8) is 0 Å². The van der Waals surface area contributed by atoms with Crippen LogP contribution < -0.4 is 0 Å². The van der Waals surface area contributed by atoms with Gasteiger partial charge in [-0.25, -0.2) is 9.78 Å². The van der Waals surface area contributed by atoms with Crippen LogP contribution in [0.25, 0.3) is 11.4 Å². The maximum absolute atomic E-state index is 9.90. The number of isocyanates is 1. The van der Waals surface area contributed by atoms with Gasteiger partial charge in [0.15, 0.2) is 5.82 Å². The van der Waals surface area contributed by atoms with Gasteiger partial charge < -0.3 is 0 Å². The Labute approximate surface area is 85.9 Å². The van der Waals surface area contributed by atoms with E-state index in [1.807, 2.05) is 30.3 Å². The van der Waals surface area contributed by atoms with Crippen LogP contribution in [-0.2, 0) is 11.3 Å². The Bertz CT molecular complexity index is 485. The molecule has 1 aromatic carbocycles. The van der Waals surface area contributed by atoms with Crippen LogP contribution in [0.4, 0.5) is 0 Å². The number of aliphatic imine (C=N–C) groups is 1. The van der Waals surface area contributed by atoms with E-state index < -0.39 is 0 Å². The second-order valence-electron chi connectivity index (χ2n) is 2.88. The van der Waals surface area contributed by atoms with E-state index in [0.717, 1.165) is 5.56 Å². The standard InChI is InChI=1S/C10H8N4O/c15-7-11-6-9-12-10(14-13-9)8-4-2-1-3-5-8/h1-5H,6H2,(H,12,13,14). The lowest BCUT2D eigenvalue weighted by molar-refractivity contribution is 0.562. The monoisotopic (exact) mass is 200 g/mol. The summed E-state index contributed by atoms with van der Waals surface area (Å²) in [7, 11) is 0. The molecule has 0 bridgehead atoms. The van der Waals surface area contributed by atoms with Gasteiger partial charge in [0.25, 0.3) is 0 Å². The average molecular weight is 200 g/mol. The van der Waals surface area contributed by atoms with E-state index >= 15 is 0 Å². The second-order valence-corrected chi connectivity index (χ2v) is 2.88. The van der Waals surface area contributed by atoms with Crippen molar-refractivity contribution < 1.29 is 4.79 Å². The molecule has 0 saturated carbocycles. The Morgan fingerprint density at radius 3 is 2.87 bits per heavy atom. The summed E-state index contributed by atoms with van der Waals surface area (Å²) in [6.45, 7) is 0.184. The first-order chi connectivity index (χ1) is 7.40. The van der Waals surface area contributed by atoms with E-state index in [1.54, 1.807) is 0 Å². The smallest absolute Gasteiger partial charge is 0.235 e. The number of nitrogens with zero attached hydrogens (tertiary/aromatic N) is 3. The molecule has 0 saturated heterocycles. The number of carbonyl (C=O) groups excluding carboxylic acids is 1. The molecule has 0 unspecified atom stereocenters. The van der Waals surface area contributed by atoms with Gasteiger partial charge in [-0.2, -0.15) is 10.1 Å². The number of aromatic nitrogens is 3. The van der Waals surface area contributed by atoms with E-state index in [-0.39, 0.29) is 6.54 Å². The molecule has 1 heterocycles. The fourth-order valence-corrected chi connectivity index (χ4v) is 1.19. The number of benzene rings is 1. The first-order valence-corrected chi connectivity index (χ1v) is 4.40. The zero-order chi connectivity index (χ0) is 10.5. The fourth-order valence-electron chi connectivity index (χ4n) is 1.19. The normalized spacial score (nSPS) is 9.60. The molecule has 0 aliphatic carbocycles. The lowest BCUT2D eigenvalue weighted by Crippen LogP contribution is -1.83. The maximum atomic E-state index is 9.90. The van der Waals surface area contributed by atoms with Crippen LogP contribution in [0.1, 0.15) is 5.82 Å². The quantitative estimate of drug-likeness (QED) is 0.599. The molecule has 2 aromatic rings. The van der Waals surface area contributed by atoms with E-state index in [0.29, 0.717) is 11.6 Å². The van der Waals surface area contributed by atoms with Crippen LogP contribution in [0.5, 0.6) is 0 Å². The van der Waals surface area contributed by atoms with Crippen molar-refractivity contribution in [1.29, 1.82) is 0 Å². The van der Waals surface area contributed by atoms with Gasteiger partial charge in [0.2, 0.25) is 6.08 Å². The summed E-state index contributed by atoms with van der Waals surface area (Å²) in [5.74, 6) is 1.16. The van der Waals surface area contributed by atoms with Crippen molar-refractivity contribution in [3.8, 4) is 11.4 Å². The minimum Gasteiger partial charge on any atom is -0.261 e. The van der Waals surface area contributed by atoms with Crippen molar-refractivity contribution in [2.24, 2.45) is 4.99 Å². The average Bonchev–Trinajstić information content (AvgIpc) is 2.76. The molecule has 74 valence electrons. The molecule has 5 nitrogen and oxygen atoms in total. The molecule has 15 heavy (non-hydrogen) atoms. The van der Waals surface area contributed by atoms with E-state index in [4.69, 9.17) is 0 Å². The molecule has 5 heteroatoms. The summed E-state index contributed by atoms with van der Waals surface area (Å²) in [6, 6.07) is 9.57. The topological polar surface area (TPSA) is 71.0 Å². The van der Waals surface area contributed by atoms with Crippen LogP contribution in [0.15, 0.2) is 35.3 Å². The summed E-state index contributed by atoms with van der Waals surface area (Å²) in [6.07, 6.45) is 1.45. The predicted molar refractivity (Wildman–Crippen MR) is 53.6 cm³/mol. The predicted octanol–water partition coefficient (Wildman–Crippen LogP) is 1.31. The number of H-pyrrole nitrogens is 1. The Kier molecular flexibility index (Phi) is 2.67. The van der Waals surface area contributed by atoms with Crippen LogP contribution in [-0.4, -0.2) is 21.3 Å². The highest BCUT2D eigenvalue weighted by Gasteiger charge is 2.03. The van der Waals surface area contributed by atoms with Crippen molar-refractivity contribution in [3.05, 3.63) is 36.2 Å². The molecule has 2 rings (SSSR count). The highest BCUT2D eigenvalue weighted by Crippen LogP contribution is 2.13. The molecule has 0 radical (unpaired) electrons. The largest absolute Gasteiger partial charge is 0.261 e. The molecule has 0 spiro atoms. The third kappa shape index (κ3) is 2.15. The van der Waals surface area contributed by atoms with Crippen molar-refractivity contribution in [2.45, 2.75) is 6.54 Å². The van der Waals surface area contributed by atoms with E-state index in [2.05, 4.69) is 20.2 Å². The fraction of sp³-hybridized carbons (Fsp3) is 0.100. The van der Waals surface area contributed by atoms with Crippen molar-refractivity contribution >= 4 is 6.08 Å². The molecule has 0 amide bonds. The Morgan fingerprint density at radius 2 is 2.13 bits per heavy atom. The summed E-state index contributed by atoms with van der Waals surface area (Å²) < 4.78 is 0. The van der Waals surface area contributed by atoms with Crippen molar-refractivity contribution in [1.82, 2.24) is 15.2 Å². The van der Waals surface area contributed by atoms with Crippen molar-refractivity contribution in [2.75, 3.05) is 0 Å². The molecular weight excluding hydrogens is 192 g/mol. The molecule has 1 N–H and O–H groups in total. The summed E-state index contributed by atoms with van der Waals surface area (Å²) in [4.78, 5) is 17.5. The van der Waals surface area contributed by atoms with Gasteiger partial charge in [0, 0.05) is 5.56 Å². The van der Waals surface area contributed by atoms with Gasteiger partial charge in [-0.15, -0.1) is 0 Å². The molecule has 0 aliphatic rings. The minimum atomic E-state index is 0.184. The minimum absolute atomic E-state index is 0.184. The zero-order valence-electron chi connectivity index (χ0n) is 7.84. The first kappa shape index (κ1) is 9.30.